The van der Waals surface area contributed by atoms with E-state index in [0.717, 1.165) is 37.7 Å². The van der Waals surface area contributed by atoms with Crippen LogP contribution in [0.15, 0.2) is 58.3 Å². The number of sulfonamides is 2. The minimum Gasteiger partial charge on any atom is -0.263 e. The van der Waals surface area contributed by atoms with Crippen molar-refractivity contribution in [2.75, 3.05) is 17.4 Å². The lowest BCUT2D eigenvalue weighted by Gasteiger charge is -2.36. The Balaban J connectivity index is 1.67. The average molecular weight is 435 g/mol. The predicted octanol–water partition coefficient (Wildman–Crippen LogP) is 3.39. The number of nitrogens with zero attached hydrogens (tertiary/aromatic N) is 2. The molecule has 0 spiro atoms. The maximum Gasteiger partial charge on any atom is 0.264 e. The summed E-state index contributed by atoms with van der Waals surface area (Å²) < 4.78 is 55.4. The highest BCUT2D eigenvalue weighted by atomic mass is 32.2. The van der Waals surface area contributed by atoms with Gasteiger partial charge in [0, 0.05) is 19.1 Å². The van der Waals surface area contributed by atoms with Gasteiger partial charge in [-0.15, -0.1) is 0 Å². The summed E-state index contributed by atoms with van der Waals surface area (Å²) in [6.07, 6.45) is 4.35. The molecule has 0 aromatic heterocycles. The molecule has 6 nitrogen and oxygen atoms in total. The van der Waals surface area contributed by atoms with Crippen LogP contribution in [0.4, 0.5) is 5.69 Å². The molecule has 2 aliphatic heterocycles. The average Bonchev–Trinajstić information content (AvgIpc) is 2.74. The van der Waals surface area contributed by atoms with Crippen LogP contribution >= 0.6 is 0 Å². The molecule has 2 heterocycles. The molecular formula is C21H26N2O4S2. The molecule has 0 unspecified atom stereocenters. The fourth-order valence-corrected chi connectivity index (χ4v) is 7.41. The SMILES string of the molecule is C[C@@H]1CCc2ccccc2N1S(=O)(=O)c1ccc(S(=O)(=O)N2CCCCC2)cc1. The van der Waals surface area contributed by atoms with Crippen LogP contribution in [0.3, 0.4) is 0 Å². The van der Waals surface area contributed by atoms with Crippen molar-refractivity contribution in [2.45, 2.75) is 54.9 Å². The summed E-state index contributed by atoms with van der Waals surface area (Å²) in [6, 6.07) is 13.0. The molecule has 0 N–H and O–H groups in total. The van der Waals surface area contributed by atoms with Crippen molar-refractivity contribution in [3.8, 4) is 0 Å². The van der Waals surface area contributed by atoms with E-state index in [2.05, 4.69) is 0 Å². The molecule has 0 bridgehead atoms. The van der Waals surface area contributed by atoms with Crippen LogP contribution in [0.1, 0.15) is 38.2 Å². The zero-order valence-electron chi connectivity index (χ0n) is 16.5. The van der Waals surface area contributed by atoms with E-state index >= 15 is 0 Å². The van der Waals surface area contributed by atoms with Gasteiger partial charge in [0.15, 0.2) is 0 Å². The number of rotatable bonds is 4. The van der Waals surface area contributed by atoms with Crippen LogP contribution in [0.2, 0.25) is 0 Å². The molecule has 1 fully saturated rings. The smallest absolute Gasteiger partial charge is 0.263 e. The standard InChI is InChI=1S/C21H26N2O4S2/c1-17-9-10-18-7-3-4-8-21(18)23(17)29(26,27)20-13-11-19(12-14-20)28(24,25)22-15-5-2-6-16-22/h3-4,7-8,11-14,17H,2,5-6,9-10,15-16H2,1H3/t17-/m1/s1. The molecular weight excluding hydrogens is 408 g/mol. The van der Waals surface area contributed by atoms with Gasteiger partial charge >= 0.3 is 0 Å². The van der Waals surface area contributed by atoms with Gasteiger partial charge in [-0.1, -0.05) is 24.6 Å². The van der Waals surface area contributed by atoms with E-state index in [1.54, 1.807) is 0 Å². The number of fused-ring (bicyclic) bond motifs is 1. The monoisotopic (exact) mass is 434 g/mol. The Morgan fingerprint density at radius 1 is 0.793 bits per heavy atom. The first-order valence-corrected chi connectivity index (χ1v) is 12.9. The molecule has 1 saturated heterocycles. The molecule has 0 saturated carbocycles. The number of anilines is 1. The normalized spacial score (nSPS) is 21.0. The Hall–Kier alpha value is -1.90. The molecule has 2 aliphatic rings. The minimum atomic E-state index is -3.79. The summed E-state index contributed by atoms with van der Waals surface area (Å²) >= 11 is 0. The summed E-state index contributed by atoms with van der Waals surface area (Å²) in [7, 11) is -7.37. The van der Waals surface area contributed by atoms with Gasteiger partial charge in [0.05, 0.1) is 15.5 Å². The maximum atomic E-state index is 13.4. The van der Waals surface area contributed by atoms with Gasteiger partial charge in [0.1, 0.15) is 0 Å². The van der Waals surface area contributed by atoms with Gasteiger partial charge in [-0.25, -0.2) is 16.8 Å². The van der Waals surface area contributed by atoms with E-state index in [0.29, 0.717) is 18.8 Å². The topological polar surface area (TPSA) is 74.8 Å². The number of piperidine rings is 1. The Kier molecular flexibility index (Phi) is 5.44. The number of hydrogen-bond donors (Lipinski definition) is 0. The Morgan fingerprint density at radius 2 is 1.38 bits per heavy atom. The lowest BCUT2D eigenvalue weighted by molar-refractivity contribution is 0.346. The first-order chi connectivity index (χ1) is 13.8. The van der Waals surface area contributed by atoms with Gasteiger partial charge in [0.25, 0.3) is 10.0 Å². The van der Waals surface area contributed by atoms with Crippen LogP contribution < -0.4 is 4.31 Å². The number of para-hydroxylation sites is 1. The van der Waals surface area contributed by atoms with Crippen molar-refractivity contribution in [3.05, 3.63) is 54.1 Å². The minimum absolute atomic E-state index is 0.110. The molecule has 2 aromatic rings. The highest BCUT2D eigenvalue weighted by Crippen LogP contribution is 2.35. The van der Waals surface area contributed by atoms with Gasteiger partial charge in [-0.2, -0.15) is 4.31 Å². The molecule has 156 valence electrons. The number of aryl methyl sites for hydroxylation is 1. The quantitative estimate of drug-likeness (QED) is 0.739. The molecule has 0 amide bonds. The zero-order chi connectivity index (χ0) is 20.6. The van der Waals surface area contributed by atoms with Crippen molar-refractivity contribution in [1.82, 2.24) is 4.31 Å². The fraction of sp³-hybridized carbons (Fsp3) is 0.429. The molecule has 4 rings (SSSR count). The molecule has 8 heteroatoms. The molecule has 29 heavy (non-hydrogen) atoms. The molecule has 2 aromatic carbocycles. The third-order valence-corrected chi connectivity index (χ3v) is 9.65. The fourth-order valence-electron chi connectivity index (χ4n) is 4.17. The van der Waals surface area contributed by atoms with E-state index in [4.69, 9.17) is 0 Å². The Morgan fingerprint density at radius 3 is 2.03 bits per heavy atom. The van der Waals surface area contributed by atoms with Crippen molar-refractivity contribution in [1.29, 1.82) is 0 Å². The number of benzene rings is 2. The van der Waals surface area contributed by atoms with Gasteiger partial charge < -0.3 is 0 Å². The summed E-state index contributed by atoms with van der Waals surface area (Å²) in [4.78, 5) is 0.254. The predicted molar refractivity (Wildman–Crippen MR) is 113 cm³/mol. The second-order valence-corrected chi connectivity index (χ2v) is 11.5. The maximum absolute atomic E-state index is 13.4. The summed E-state index contributed by atoms with van der Waals surface area (Å²) in [5, 5.41) is 0. The van der Waals surface area contributed by atoms with Gasteiger partial charge in [-0.3, -0.25) is 4.31 Å². The van der Waals surface area contributed by atoms with E-state index in [9.17, 15) is 16.8 Å². The van der Waals surface area contributed by atoms with Crippen LogP contribution in [0.5, 0.6) is 0 Å². The highest BCUT2D eigenvalue weighted by Gasteiger charge is 2.34. The third-order valence-electron chi connectivity index (χ3n) is 5.79. The van der Waals surface area contributed by atoms with Crippen molar-refractivity contribution in [2.24, 2.45) is 0 Å². The highest BCUT2D eigenvalue weighted by molar-refractivity contribution is 7.93. The van der Waals surface area contributed by atoms with Crippen molar-refractivity contribution in [3.63, 3.8) is 0 Å². The van der Waals surface area contributed by atoms with Crippen LogP contribution in [0, 0.1) is 0 Å². The first kappa shape index (κ1) is 20.4. The van der Waals surface area contributed by atoms with E-state index in [1.807, 2.05) is 31.2 Å². The lowest BCUT2D eigenvalue weighted by atomic mass is 9.99. The summed E-state index contributed by atoms with van der Waals surface area (Å²) in [5.74, 6) is 0. The summed E-state index contributed by atoms with van der Waals surface area (Å²) in [5.41, 5.74) is 1.72. The van der Waals surface area contributed by atoms with Gasteiger partial charge in [-0.05, 0) is 68.5 Å². The zero-order valence-corrected chi connectivity index (χ0v) is 18.1. The molecule has 0 aliphatic carbocycles. The summed E-state index contributed by atoms with van der Waals surface area (Å²) in [6.45, 7) is 2.94. The van der Waals surface area contributed by atoms with Crippen molar-refractivity contribution < 1.29 is 16.8 Å². The van der Waals surface area contributed by atoms with Crippen LogP contribution in [-0.2, 0) is 26.5 Å². The van der Waals surface area contributed by atoms with Gasteiger partial charge in [0.2, 0.25) is 10.0 Å². The largest absolute Gasteiger partial charge is 0.264 e. The second kappa shape index (κ2) is 7.74. The van der Waals surface area contributed by atoms with E-state index in [1.165, 1.54) is 32.9 Å². The Labute approximate surface area is 173 Å². The van der Waals surface area contributed by atoms with E-state index < -0.39 is 20.0 Å². The van der Waals surface area contributed by atoms with Crippen molar-refractivity contribution >= 4 is 25.7 Å². The Bertz CT molecular complexity index is 1090. The molecule has 0 radical (unpaired) electrons. The van der Waals surface area contributed by atoms with Crippen LogP contribution in [0.25, 0.3) is 0 Å². The third kappa shape index (κ3) is 3.69. The van der Waals surface area contributed by atoms with Crippen LogP contribution in [-0.4, -0.2) is 40.3 Å². The number of hydrogen-bond acceptors (Lipinski definition) is 4. The molecule has 1 atom stereocenters. The van der Waals surface area contributed by atoms with E-state index in [-0.39, 0.29) is 15.8 Å². The second-order valence-electron chi connectivity index (χ2n) is 7.75. The lowest BCUT2D eigenvalue weighted by Crippen LogP contribution is -2.42. The first-order valence-electron chi connectivity index (χ1n) is 10.0.